The fourth-order valence-corrected chi connectivity index (χ4v) is 9.84. The molecule has 1 aromatic carbocycles. The number of rotatable bonds is 10. The fourth-order valence-electron chi connectivity index (χ4n) is 8.48. The number of hydrogen-bond acceptors (Lipinski definition) is 11. The van der Waals surface area contributed by atoms with E-state index in [1.165, 1.54) is 13.2 Å². The van der Waals surface area contributed by atoms with Crippen LogP contribution < -0.4 is 24.2 Å². The van der Waals surface area contributed by atoms with Gasteiger partial charge in [0.15, 0.2) is 11.5 Å². The zero-order valence-corrected chi connectivity index (χ0v) is 36.1. The summed E-state index contributed by atoms with van der Waals surface area (Å²) in [7, 11) is -1.96. The molecule has 7 atom stereocenters. The summed E-state index contributed by atoms with van der Waals surface area (Å²) in [5.74, 6) is -6.29. The average Bonchev–Trinajstić information content (AvgIpc) is 4.12. The molecule has 0 spiro atoms. The number of amides is 4. The summed E-state index contributed by atoms with van der Waals surface area (Å²) in [5.41, 5.74) is -6.77. The lowest BCUT2D eigenvalue weighted by molar-refractivity contribution is -0.222. The van der Waals surface area contributed by atoms with Crippen molar-refractivity contribution in [2.45, 2.75) is 126 Å². The van der Waals surface area contributed by atoms with Crippen molar-refractivity contribution in [2.24, 2.45) is 17.8 Å². The second kappa shape index (κ2) is 17.1. The number of alkyl halides is 6. The van der Waals surface area contributed by atoms with Gasteiger partial charge in [-0.15, -0.1) is 0 Å². The van der Waals surface area contributed by atoms with Crippen LogP contribution in [0, 0.1) is 17.8 Å². The van der Waals surface area contributed by atoms with Gasteiger partial charge in [-0.05, 0) is 64.2 Å². The minimum absolute atomic E-state index is 0.0284. The number of carboxylic acid groups (broad SMARTS) is 1. The Morgan fingerprint density at radius 1 is 1.02 bits per heavy atom. The van der Waals surface area contributed by atoms with E-state index >= 15 is 4.79 Å². The van der Waals surface area contributed by atoms with Gasteiger partial charge in [0.05, 0.1) is 37.0 Å². The highest BCUT2D eigenvalue weighted by molar-refractivity contribution is 7.91. The Kier molecular flexibility index (Phi) is 12.9. The summed E-state index contributed by atoms with van der Waals surface area (Å²) in [5, 5.41) is 12.4. The maximum absolute atomic E-state index is 15.2. The van der Waals surface area contributed by atoms with Crippen LogP contribution in [0.25, 0.3) is 11.0 Å². The SMILES string of the molecule is CC[C@@H]1C[C@H](C)CC/C=C\[C@@H]2C[C@@]2(C(=O)NS(=O)(=O)C2CC2)NC(=O)[C@@H]2C[C@@H](Oc3cc4nc(OC)c(C(F)(F)F)nc4cc3OC)CN2C(=O)[C@H]1N(C(=O)O)C(C)(C)C(F)(F)F. The first kappa shape index (κ1) is 47.4. The number of allylic oxidation sites excluding steroid dienone is 1. The molecule has 16 nitrogen and oxygen atoms in total. The number of methoxy groups -OCH3 is 2. The van der Waals surface area contributed by atoms with Crippen LogP contribution in [0.3, 0.4) is 0 Å². The third kappa shape index (κ3) is 9.43. The lowest BCUT2D eigenvalue weighted by atomic mass is 9.82. The van der Waals surface area contributed by atoms with Crippen molar-refractivity contribution < 1.29 is 73.3 Å². The maximum atomic E-state index is 15.2. The van der Waals surface area contributed by atoms with E-state index in [4.69, 9.17) is 14.2 Å². The van der Waals surface area contributed by atoms with Gasteiger partial charge in [0, 0.05) is 24.5 Å². The molecule has 23 heteroatoms. The van der Waals surface area contributed by atoms with Gasteiger partial charge >= 0.3 is 18.4 Å². The van der Waals surface area contributed by atoms with Crippen LogP contribution in [-0.2, 0) is 30.6 Å². The topological polar surface area (TPSA) is 207 Å². The van der Waals surface area contributed by atoms with E-state index in [0.717, 1.165) is 18.1 Å². The van der Waals surface area contributed by atoms with Crippen molar-refractivity contribution in [3.8, 4) is 17.4 Å². The van der Waals surface area contributed by atoms with Gasteiger partial charge in [-0.2, -0.15) is 26.3 Å². The smallest absolute Gasteiger partial charge is 0.438 e. The highest BCUT2D eigenvalue weighted by Crippen LogP contribution is 2.47. The molecular weight excluding hydrogens is 871 g/mol. The molecule has 3 N–H and O–H groups in total. The summed E-state index contributed by atoms with van der Waals surface area (Å²) in [4.78, 5) is 65.2. The van der Waals surface area contributed by atoms with Crippen LogP contribution in [0.15, 0.2) is 24.3 Å². The van der Waals surface area contributed by atoms with Crippen molar-refractivity contribution in [1.29, 1.82) is 0 Å². The molecule has 2 aliphatic carbocycles. The van der Waals surface area contributed by atoms with E-state index in [2.05, 4.69) is 20.0 Å². The molecule has 0 bridgehead atoms. The molecule has 6 rings (SSSR count). The molecule has 3 heterocycles. The predicted octanol–water partition coefficient (Wildman–Crippen LogP) is 5.59. The lowest BCUT2D eigenvalue weighted by Gasteiger charge is -2.46. The summed E-state index contributed by atoms with van der Waals surface area (Å²) >= 11 is 0. The van der Waals surface area contributed by atoms with Crippen LogP contribution in [0.1, 0.15) is 84.8 Å². The number of nitrogens with one attached hydrogen (secondary N) is 2. The number of ether oxygens (including phenoxy) is 3. The second-order valence-electron chi connectivity index (χ2n) is 17.2. The standard InChI is InChI=1S/C40H50F6N6O10S/c1-7-21-14-20(2)10-8-9-11-22-18-38(22,35(55)50-63(58,59)24-12-13-24)49-32(53)27-15-23(19-51(27)34(54)30(21)52(36(56)57)37(3,4)40(44,45)46)62-29-17-26-25(16-28(29)60-5)47-31(39(41,42)43)33(48-26)61-6/h9,11,16-17,20-24,27,30H,7-8,10,12-15,18-19H2,1-6H3,(H,49,53)(H,50,55)(H,56,57)/b11-9-/t20-,21-,22-,23-,27+,30+,38-/m1/s1. The van der Waals surface area contributed by atoms with Gasteiger partial charge in [-0.25, -0.2) is 23.2 Å². The van der Waals surface area contributed by atoms with Crippen LogP contribution in [0.5, 0.6) is 17.4 Å². The molecule has 4 amide bonds. The fraction of sp³-hybridized carbons (Fsp3) is 0.650. The molecule has 2 aromatic rings. The average molecular weight is 921 g/mol. The Morgan fingerprint density at radius 2 is 1.67 bits per heavy atom. The highest BCUT2D eigenvalue weighted by atomic mass is 32.2. The molecular formula is C40H50F6N6O10S. The summed E-state index contributed by atoms with van der Waals surface area (Å²) < 4.78 is 130. The number of hydrogen-bond donors (Lipinski definition) is 3. The largest absolute Gasteiger partial charge is 0.493 e. The number of benzene rings is 1. The van der Waals surface area contributed by atoms with Gasteiger partial charge in [0.25, 0.3) is 5.91 Å². The Morgan fingerprint density at radius 3 is 2.24 bits per heavy atom. The molecule has 1 saturated heterocycles. The number of aromatic nitrogens is 2. The van der Waals surface area contributed by atoms with Gasteiger partial charge in [-0.1, -0.05) is 32.4 Å². The highest BCUT2D eigenvalue weighted by Gasteiger charge is 2.63. The van der Waals surface area contributed by atoms with Crippen molar-refractivity contribution in [3.05, 3.63) is 30.0 Å². The maximum Gasteiger partial charge on any atom is 0.438 e. The quantitative estimate of drug-likeness (QED) is 0.197. The zero-order chi connectivity index (χ0) is 46.6. The number of carbonyl (C=O) groups excluding carboxylic acids is 3. The van der Waals surface area contributed by atoms with E-state index in [9.17, 15) is 54.3 Å². The van der Waals surface area contributed by atoms with Crippen molar-refractivity contribution >= 4 is 44.9 Å². The first-order valence-electron chi connectivity index (χ1n) is 20.4. The predicted molar refractivity (Wildman–Crippen MR) is 211 cm³/mol. The number of nitrogens with zero attached hydrogens (tertiary/aromatic N) is 4. The second-order valence-corrected chi connectivity index (χ2v) is 19.1. The normalized spacial score (nSPS) is 27.8. The molecule has 0 unspecified atom stereocenters. The Hall–Kier alpha value is -5.09. The van der Waals surface area contributed by atoms with Crippen LogP contribution in [-0.4, -0.2) is 119 Å². The van der Waals surface area contributed by atoms with Crippen molar-refractivity contribution in [3.63, 3.8) is 0 Å². The molecule has 4 aliphatic rings. The molecule has 3 fully saturated rings. The molecule has 1 aromatic heterocycles. The minimum Gasteiger partial charge on any atom is -0.493 e. The van der Waals surface area contributed by atoms with E-state index in [1.54, 1.807) is 19.1 Å². The molecule has 0 radical (unpaired) electrons. The van der Waals surface area contributed by atoms with Crippen LogP contribution in [0.2, 0.25) is 0 Å². The molecule has 348 valence electrons. The van der Waals surface area contributed by atoms with E-state index in [0.29, 0.717) is 39.5 Å². The third-order valence-corrected chi connectivity index (χ3v) is 14.2. The zero-order valence-electron chi connectivity index (χ0n) is 35.3. The van der Waals surface area contributed by atoms with Crippen LogP contribution >= 0.6 is 0 Å². The molecule has 63 heavy (non-hydrogen) atoms. The van der Waals surface area contributed by atoms with Gasteiger partial charge in [0.2, 0.25) is 33.4 Å². The molecule has 2 aliphatic heterocycles. The van der Waals surface area contributed by atoms with Gasteiger partial charge < -0.3 is 29.5 Å². The minimum atomic E-state index is -5.18. The van der Waals surface area contributed by atoms with Crippen LogP contribution in [0.4, 0.5) is 31.1 Å². The van der Waals surface area contributed by atoms with Gasteiger partial charge in [-0.3, -0.25) is 24.0 Å². The van der Waals surface area contributed by atoms with Crippen molar-refractivity contribution in [2.75, 3.05) is 20.8 Å². The monoisotopic (exact) mass is 920 g/mol. The Bertz CT molecular complexity index is 2270. The lowest BCUT2D eigenvalue weighted by Crippen LogP contribution is -2.66. The summed E-state index contributed by atoms with van der Waals surface area (Å²) in [6, 6.07) is -1.36. The first-order valence-corrected chi connectivity index (χ1v) is 22.0. The number of sulfonamides is 1. The van der Waals surface area contributed by atoms with E-state index in [1.807, 2.05) is 6.92 Å². The summed E-state index contributed by atoms with van der Waals surface area (Å²) in [6.45, 7) is 4.15. The number of carbonyl (C=O) groups is 4. The Balaban J connectivity index is 1.45. The van der Waals surface area contributed by atoms with E-state index in [-0.39, 0.29) is 52.6 Å². The summed E-state index contributed by atoms with van der Waals surface area (Å²) in [6.07, 6.45) is -8.72. The van der Waals surface area contributed by atoms with E-state index < -0.39 is 117 Å². The first-order chi connectivity index (χ1) is 29.3. The molecule has 2 saturated carbocycles. The Labute approximate surface area is 359 Å². The number of fused-ring (bicyclic) bond motifs is 3. The third-order valence-electron chi connectivity index (χ3n) is 12.4. The van der Waals surface area contributed by atoms with Gasteiger partial charge in [0.1, 0.15) is 29.3 Å². The van der Waals surface area contributed by atoms with Crippen molar-refractivity contribution in [1.82, 2.24) is 29.8 Å². The number of halogens is 6.